The lowest BCUT2D eigenvalue weighted by molar-refractivity contribution is 0.0513. The monoisotopic (exact) mass is 530 g/mol. The van der Waals surface area contributed by atoms with E-state index in [1.54, 1.807) is 7.05 Å². The molecule has 6 nitrogen and oxygen atoms in total. The van der Waals surface area contributed by atoms with Gasteiger partial charge in [0, 0.05) is 50.8 Å². The zero-order valence-corrected chi connectivity index (χ0v) is 20.3. The number of aliphatic imine (C=N–C) groups is 1. The average molecular weight is 530 g/mol. The molecule has 1 fully saturated rings. The van der Waals surface area contributed by atoms with Crippen molar-refractivity contribution in [2.75, 3.05) is 26.8 Å². The minimum atomic E-state index is -0.214. The molecule has 0 spiro atoms. The molecule has 0 radical (unpaired) electrons. The van der Waals surface area contributed by atoms with Crippen molar-refractivity contribution in [3.05, 3.63) is 52.7 Å². The van der Waals surface area contributed by atoms with Gasteiger partial charge in [0.2, 0.25) is 0 Å². The lowest BCUT2D eigenvalue weighted by Gasteiger charge is -2.38. The number of guanidine groups is 1. The van der Waals surface area contributed by atoms with Crippen molar-refractivity contribution < 1.29 is 13.7 Å². The number of ether oxygens (including phenoxy) is 1. The lowest BCUT2D eigenvalue weighted by atomic mass is 9.74. The molecule has 0 aliphatic carbocycles. The molecule has 1 aliphatic heterocycles. The smallest absolute Gasteiger partial charge is 0.191 e. The summed E-state index contributed by atoms with van der Waals surface area (Å²) in [6.07, 6.45) is 3.41. The highest BCUT2D eigenvalue weighted by molar-refractivity contribution is 14.0. The van der Waals surface area contributed by atoms with Crippen molar-refractivity contribution in [2.24, 2.45) is 4.99 Å². The number of nitrogens with one attached hydrogen (secondary N) is 2. The summed E-state index contributed by atoms with van der Waals surface area (Å²) in [4.78, 5) is 4.37. The van der Waals surface area contributed by atoms with Gasteiger partial charge in [-0.25, -0.2) is 4.39 Å². The molecule has 30 heavy (non-hydrogen) atoms. The van der Waals surface area contributed by atoms with E-state index in [0.717, 1.165) is 54.2 Å². The Bertz CT molecular complexity index is 796. The van der Waals surface area contributed by atoms with Crippen LogP contribution in [0.1, 0.15) is 49.3 Å². The standard InChI is InChI=1S/C22H31FN4O2.HI/c1-4-19-18(20(5-2)29-27-19)14-25-21(24-3)26-15-22(10-12-28-13-11-22)16-6-8-17(23)9-7-16;/h6-9H,4-5,10-15H2,1-3H3,(H2,24,25,26);1H. The zero-order valence-electron chi connectivity index (χ0n) is 18.0. The van der Waals surface area contributed by atoms with Crippen molar-refractivity contribution in [2.45, 2.75) is 51.5 Å². The van der Waals surface area contributed by atoms with Crippen LogP contribution in [0.4, 0.5) is 4.39 Å². The highest BCUT2D eigenvalue weighted by Crippen LogP contribution is 2.34. The topological polar surface area (TPSA) is 71.7 Å². The SMILES string of the molecule is CCc1noc(CC)c1CNC(=NC)NCC1(c2ccc(F)cc2)CCOCC1.I. The third kappa shape index (κ3) is 5.72. The van der Waals surface area contributed by atoms with Gasteiger partial charge < -0.3 is 19.9 Å². The van der Waals surface area contributed by atoms with Gasteiger partial charge in [-0.3, -0.25) is 4.99 Å². The fourth-order valence-electron chi connectivity index (χ4n) is 3.92. The Morgan fingerprint density at radius 2 is 1.83 bits per heavy atom. The molecule has 2 heterocycles. The average Bonchev–Trinajstić information content (AvgIpc) is 3.17. The molecule has 1 aromatic heterocycles. The molecule has 0 amide bonds. The minimum absolute atomic E-state index is 0. The summed E-state index contributed by atoms with van der Waals surface area (Å²) in [6.45, 7) is 6.85. The lowest BCUT2D eigenvalue weighted by Crippen LogP contribution is -2.48. The van der Waals surface area contributed by atoms with Crippen LogP contribution in [0, 0.1) is 5.82 Å². The summed E-state index contributed by atoms with van der Waals surface area (Å²) in [7, 11) is 1.76. The fourth-order valence-corrected chi connectivity index (χ4v) is 3.92. The Morgan fingerprint density at radius 1 is 1.13 bits per heavy atom. The predicted molar refractivity (Wildman–Crippen MR) is 127 cm³/mol. The summed E-state index contributed by atoms with van der Waals surface area (Å²) < 4.78 is 24.5. The van der Waals surface area contributed by atoms with E-state index in [0.29, 0.717) is 26.3 Å². The first kappa shape index (κ1) is 24.6. The van der Waals surface area contributed by atoms with Crippen LogP contribution in [-0.2, 0) is 29.5 Å². The molecular weight excluding hydrogens is 498 g/mol. The molecule has 0 bridgehead atoms. The van der Waals surface area contributed by atoms with Crippen LogP contribution in [0.15, 0.2) is 33.8 Å². The molecule has 0 atom stereocenters. The van der Waals surface area contributed by atoms with Gasteiger partial charge in [0.25, 0.3) is 0 Å². The van der Waals surface area contributed by atoms with Crippen molar-refractivity contribution in [1.29, 1.82) is 0 Å². The van der Waals surface area contributed by atoms with E-state index >= 15 is 0 Å². The quantitative estimate of drug-likeness (QED) is 0.322. The number of rotatable bonds is 7. The van der Waals surface area contributed by atoms with Gasteiger partial charge in [0.15, 0.2) is 5.96 Å². The normalized spacial score (nSPS) is 16.1. The zero-order chi connectivity index (χ0) is 20.7. The Morgan fingerprint density at radius 3 is 2.43 bits per heavy atom. The Balaban J connectivity index is 0.00000320. The Kier molecular flexibility index (Phi) is 9.54. The van der Waals surface area contributed by atoms with Gasteiger partial charge in [-0.05, 0) is 37.0 Å². The molecular formula is C22H32FIN4O2. The van der Waals surface area contributed by atoms with Crippen LogP contribution in [-0.4, -0.2) is 37.9 Å². The van der Waals surface area contributed by atoms with E-state index in [1.807, 2.05) is 12.1 Å². The van der Waals surface area contributed by atoms with Crippen molar-refractivity contribution >= 4 is 29.9 Å². The highest BCUT2D eigenvalue weighted by atomic mass is 127. The van der Waals surface area contributed by atoms with Crippen LogP contribution < -0.4 is 10.6 Å². The molecule has 1 aromatic carbocycles. The summed E-state index contributed by atoms with van der Waals surface area (Å²) in [5.41, 5.74) is 3.12. The van der Waals surface area contributed by atoms with Crippen LogP contribution in [0.5, 0.6) is 0 Å². The van der Waals surface area contributed by atoms with Gasteiger partial charge >= 0.3 is 0 Å². The van der Waals surface area contributed by atoms with Gasteiger partial charge in [0.05, 0.1) is 5.69 Å². The third-order valence-electron chi connectivity index (χ3n) is 5.76. The summed E-state index contributed by atoms with van der Waals surface area (Å²) in [5, 5.41) is 11.0. The van der Waals surface area contributed by atoms with E-state index in [1.165, 1.54) is 12.1 Å². The second-order valence-electron chi connectivity index (χ2n) is 7.42. The van der Waals surface area contributed by atoms with Gasteiger partial charge in [-0.15, -0.1) is 24.0 Å². The van der Waals surface area contributed by atoms with Crippen LogP contribution >= 0.6 is 24.0 Å². The van der Waals surface area contributed by atoms with E-state index in [-0.39, 0.29) is 35.2 Å². The van der Waals surface area contributed by atoms with Gasteiger partial charge in [0.1, 0.15) is 11.6 Å². The maximum Gasteiger partial charge on any atom is 0.191 e. The van der Waals surface area contributed by atoms with Crippen LogP contribution in [0.25, 0.3) is 0 Å². The molecule has 1 saturated heterocycles. The first-order valence-electron chi connectivity index (χ1n) is 10.4. The Labute approximate surface area is 195 Å². The number of benzene rings is 1. The molecule has 166 valence electrons. The van der Waals surface area contributed by atoms with Gasteiger partial charge in [-0.2, -0.15) is 0 Å². The maximum atomic E-state index is 13.4. The van der Waals surface area contributed by atoms with E-state index in [4.69, 9.17) is 9.26 Å². The van der Waals surface area contributed by atoms with Crippen LogP contribution in [0.2, 0.25) is 0 Å². The van der Waals surface area contributed by atoms with Crippen molar-refractivity contribution in [3.8, 4) is 0 Å². The molecule has 2 aromatic rings. The highest BCUT2D eigenvalue weighted by Gasteiger charge is 2.34. The second kappa shape index (κ2) is 11.6. The maximum absolute atomic E-state index is 13.4. The molecule has 0 saturated carbocycles. The number of halogens is 2. The molecule has 8 heteroatoms. The van der Waals surface area contributed by atoms with Crippen LogP contribution in [0.3, 0.4) is 0 Å². The second-order valence-corrected chi connectivity index (χ2v) is 7.42. The van der Waals surface area contributed by atoms with Gasteiger partial charge in [-0.1, -0.05) is 31.1 Å². The molecule has 2 N–H and O–H groups in total. The largest absolute Gasteiger partial charge is 0.381 e. The van der Waals surface area contributed by atoms with E-state index < -0.39 is 0 Å². The first-order chi connectivity index (χ1) is 14.1. The number of nitrogens with zero attached hydrogens (tertiary/aromatic N) is 2. The summed E-state index contributed by atoms with van der Waals surface area (Å²) in [5.74, 6) is 1.42. The molecule has 0 unspecified atom stereocenters. The number of aromatic nitrogens is 1. The van der Waals surface area contributed by atoms with Crippen molar-refractivity contribution in [3.63, 3.8) is 0 Å². The molecule has 3 rings (SSSR count). The fraction of sp³-hybridized carbons (Fsp3) is 0.545. The predicted octanol–water partition coefficient (Wildman–Crippen LogP) is 3.97. The third-order valence-corrected chi connectivity index (χ3v) is 5.76. The molecule has 1 aliphatic rings. The van der Waals surface area contributed by atoms with E-state index in [2.05, 4.69) is 34.6 Å². The number of hydrogen-bond acceptors (Lipinski definition) is 4. The van der Waals surface area contributed by atoms with E-state index in [9.17, 15) is 4.39 Å². The first-order valence-corrected chi connectivity index (χ1v) is 10.4. The minimum Gasteiger partial charge on any atom is -0.381 e. The summed E-state index contributed by atoms with van der Waals surface area (Å²) in [6, 6.07) is 6.83. The number of hydrogen-bond donors (Lipinski definition) is 2. The number of aryl methyl sites for hydroxylation is 2. The Hall–Kier alpha value is -1.68. The van der Waals surface area contributed by atoms with Crippen molar-refractivity contribution in [1.82, 2.24) is 15.8 Å². The summed E-state index contributed by atoms with van der Waals surface area (Å²) >= 11 is 0.